The topological polar surface area (TPSA) is 12.0 Å². The second-order valence-corrected chi connectivity index (χ2v) is 5.53. The van der Waals surface area contributed by atoms with E-state index in [1.807, 2.05) is 23.9 Å². The normalized spacial score (nSPS) is 17.7. The van der Waals surface area contributed by atoms with Crippen molar-refractivity contribution in [2.45, 2.75) is 23.8 Å². The third kappa shape index (κ3) is 3.40. The highest BCUT2D eigenvalue weighted by atomic mass is 35.5. The molecule has 1 aromatic carbocycles. The van der Waals surface area contributed by atoms with E-state index in [1.54, 1.807) is 0 Å². The first-order chi connectivity index (χ1) is 7.29. The molecule has 0 spiro atoms. The van der Waals surface area contributed by atoms with E-state index in [4.69, 9.17) is 11.6 Å². The molecule has 2 rings (SSSR count). The fraction of sp³-hybridized carbons (Fsp3) is 0.500. The Bertz CT molecular complexity index is 308. The van der Waals surface area contributed by atoms with Crippen molar-refractivity contribution in [3.63, 3.8) is 0 Å². The maximum atomic E-state index is 5.84. The van der Waals surface area contributed by atoms with Crippen LogP contribution in [0.2, 0.25) is 5.02 Å². The highest BCUT2D eigenvalue weighted by molar-refractivity contribution is 7.99. The largest absolute Gasteiger partial charge is 0.316 e. The number of rotatable bonds is 5. The van der Waals surface area contributed by atoms with Crippen molar-refractivity contribution in [3.8, 4) is 0 Å². The van der Waals surface area contributed by atoms with E-state index in [1.165, 1.54) is 17.7 Å². The van der Waals surface area contributed by atoms with Crippen molar-refractivity contribution in [2.24, 2.45) is 5.92 Å². The van der Waals surface area contributed by atoms with Gasteiger partial charge in [-0.15, -0.1) is 11.8 Å². The van der Waals surface area contributed by atoms with Crippen LogP contribution in [0.3, 0.4) is 0 Å². The molecule has 0 bridgehead atoms. The molecular formula is C12H16ClNS. The predicted molar refractivity (Wildman–Crippen MR) is 67.7 cm³/mol. The van der Waals surface area contributed by atoms with Crippen LogP contribution < -0.4 is 5.32 Å². The summed E-state index contributed by atoms with van der Waals surface area (Å²) in [5, 5.41) is 4.21. The molecule has 0 radical (unpaired) electrons. The minimum Gasteiger partial charge on any atom is -0.316 e. The summed E-state index contributed by atoms with van der Waals surface area (Å²) in [6, 6.07) is 8.76. The Balaban J connectivity index is 1.83. The van der Waals surface area contributed by atoms with Gasteiger partial charge in [-0.2, -0.15) is 0 Å². The fourth-order valence-electron chi connectivity index (χ4n) is 1.67. The predicted octanol–water partition coefficient (Wildman–Crippen LogP) is 3.43. The molecule has 0 saturated heterocycles. The van der Waals surface area contributed by atoms with E-state index in [0.717, 1.165) is 16.7 Å². The van der Waals surface area contributed by atoms with Gasteiger partial charge in [0, 0.05) is 21.7 Å². The molecule has 1 atom stereocenters. The number of hydrogen-bond acceptors (Lipinski definition) is 2. The SMILES string of the molecule is CN[C@@H](CSc1ccc(Cl)cc1)C1CC1. The van der Waals surface area contributed by atoms with Crippen LogP contribution in [0.5, 0.6) is 0 Å². The zero-order chi connectivity index (χ0) is 10.7. The molecular weight excluding hydrogens is 226 g/mol. The summed E-state index contributed by atoms with van der Waals surface area (Å²) in [5.41, 5.74) is 0. The van der Waals surface area contributed by atoms with Crippen LogP contribution in [-0.4, -0.2) is 18.8 Å². The van der Waals surface area contributed by atoms with Gasteiger partial charge in [0.25, 0.3) is 0 Å². The van der Waals surface area contributed by atoms with E-state index in [2.05, 4.69) is 24.5 Å². The first-order valence-electron chi connectivity index (χ1n) is 5.35. The molecule has 1 N–H and O–H groups in total. The Morgan fingerprint density at radius 1 is 1.40 bits per heavy atom. The van der Waals surface area contributed by atoms with E-state index in [-0.39, 0.29) is 0 Å². The maximum absolute atomic E-state index is 5.84. The summed E-state index contributed by atoms with van der Waals surface area (Å²) in [4.78, 5) is 1.31. The minimum atomic E-state index is 0.672. The molecule has 0 aromatic heterocycles. The first kappa shape index (κ1) is 11.3. The Labute approximate surface area is 101 Å². The van der Waals surface area contributed by atoms with Crippen molar-refractivity contribution in [1.82, 2.24) is 5.32 Å². The second-order valence-electron chi connectivity index (χ2n) is 4.00. The smallest absolute Gasteiger partial charge is 0.0406 e. The van der Waals surface area contributed by atoms with Crippen LogP contribution in [0.15, 0.2) is 29.2 Å². The van der Waals surface area contributed by atoms with Crippen LogP contribution in [-0.2, 0) is 0 Å². The van der Waals surface area contributed by atoms with Gasteiger partial charge in [0.15, 0.2) is 0 Å². The standard InChI is InChI=1S/C12H16ClNS/c1-14-12(9-2-3-9)8-15-11-6-4-10(13)5-7-11/h4-7,9,12,14H,2-3,8H2,1H3/t12-/m0/s1. The summed E-state index contributed by atoms with van der Waals surface area (Å²) in [5.74, 6) is 2.07. The van der Waals surface area contributed by atoms with Gasteiger partial charge in [-0.1, -0.05) is 11.6 Å². The van der Waals surface area contributed by atoms with Gasteiger partial charge in [-0.25, -0.2) is 0 Å². The molecule has 0 amide bonds. The summed E-state index contributed by atoms with van der Waals surface area (Å²) in [6.07, 6.45) is 2.79. The summed E-state index contributed by atoms with van der Waals surface area (Å²) >= 11 is 7.75. The lowest BCUT2D eigenvalue weighted by molar-refractivity contribution is 0.554. The molecule has 1 saturated carbocycles. The zero-order valence-corrected chi connectivity index (χ0v) is 10.4. The molecule has 1 nitrogen and oxygen atoms in total. The number of benzene rings is 1. The molecule has 1 aromatic rings. The number of hydrogen-bond donors (Lipinski definition) is 1. The quantitative estimate of drug-likeness (QED) is 0.793. The molecule has 0 aliphatic heterocycles. The van der Waals surface area contributed by atoms with Gasteiger partial charge >= 0.3 is 0 Å². The molecule has 0 heterocycles. The molecule has 15 heavy (non-hydrogen) atoms. The monoisotopic (exact) mass is 241 g/mol. The first-order valence-corrected chi connectivity index (χ1v) is 6.71. The Morgan fingerprint density at radius 3 is 2.60 bits per heavy atom. The zero-order valence-electron chi connectivity index (χ0n) is 8.87. The van der Waals surface area contributed by atoms with E-state index < -0.39 is 0 Å². The highest BCUT2D eigenvalue weighted by Gasteiger charge is 2.29. The van der Waals surface area contributed by atoms with Crippen LogP contribution in [0.4, 0.5) is 0 Å². The van der Waals surface area contributed by atoms with Gasteiger partial charge in [-0.05, 0) is 50.1 Å². The number of halogens is 1. The summed E-state index contributed by atoms with van der Waals surface area (Å²) in [6.45, 7) is 0. The maximum Gasteiger partial charge on any atom is 0.0406 e. The molecule has 1 fully saturated rings. The van der Waals surface area contributed by atoms with Crippen molar-refractivity contribution < 1.29 is 0 Å². The van der Waals surface area contributed by atoms with Crippen LogP contribution >= 0.6 is 23.4 Å². The average molecular weight is 242 g/mol. The van der Waals surface area contributed by atoms with E-state index >= 15 is 0 Å². The minimum absolute atomic E-state index is 0.672. The second kappa shape index (κ2) is 5.24. The number of thioether (sulfide) groups is 1. The molecule has 1 aliphatic rings. The molecule has 0 unspecified atom stereocenters. The van der Waals surface area contributed by atoms with Crippen LogP contribution in [0.25, 0.3) is 0 Å². The van der Waals surface area contributed by atoms with E-state index in [9.17, 15) is 0 Å². The molecule has 82 valence electrons. The lowest BCUT2D eigenvalue weighted by atomic mass is 10.2. The van der Waals surface area contributed by atoms with Gasteiger partial charge < -0.3 is 5.32 Å². The summed E-state index contributed by atoms with van der Waals surface area (Å²) in [7, 11) is 2.06. The highest BCUT2D eigenvalue weighted by Crippen LogP contribution is 2.35. The Hall–Kier alpha value is -0.180. The average Bonchev–Trinajstić information content (AvgIpc) is 3.06. The van der Waals surface area contributed by atoms with Crippen molar-refractivity contribution in [3.05, 3.63) is 29.3 Å². The Morgan fingerprint density at radius 2 is 2.07 bits per heavy atom. The van der Waals surface area contributed by atoms with Gasteiger partial charge in [0.1, 0.15) is 0 Å². The summed E-state index contributed by atoms with van der Waals surface area (Å²) < 4.78 is 0. The lowest BCUT2D eigenvalue weighted by Gasteiger charge is -2.14. The van der Waals surface area contributed by atoms with Gasteiger partial charge in [-0.3, -0.25) is 0 Å². The van der Waals surface area contributed by atoms with Crippen LogP contribution in [0, 0.1) is 5.92 Å². The third-order valence-corrected chi connectivity index (χ3v) is 4.19. The van der Waals surface area contributed by atoms with Crippen molar-refractivity contribution >= 4 is 23.4 Å². The molecule has 3 heteroatoms. The molecule has 1 aliphatic carbocycles. The third-order valence-electron chi connectivity index (χ3n) is 2.81. The van der Waals surface area contributed by atoms with Crippen molar-refractivity contribution in [2.75, 3.05) is 12.8 Å². The number of nitrogens with one attached hydrogen (secondary N) is 1. The van der Waals surface area contributed by atoms with Gasteiger partial charge in [0.2, 0.25) is 0 Å². The van der Waals surface area contributed by atoms with E-state index in [0.29, 0.717) is 6.04 Å². The van der Waals surface area contributed by atoms with Gasteiger partial charge in [0.05, 0.1) is 0 Å². The Kier molecular flexibility index (Phi) is 3.95. The van der Waals surface area contributed by atoms with Crippen LogP contribution in [0.1, 0.15) is 12.8 Å². The fourth-order valence-corrected chi connectivity index (χ4v) is 2.94. The van der Waals surface area contributed by atoms with Crippen molar-refractivity contribution in [1.29, 1.82) is 0 Å². The lowest BCUT2D eigenvalue weighted by Crippen LogP contribution is -2.29.